The Morgan fingerprint density at radius 1 is 1.26 bits per heavy atom. The standard InChI is InChI=1S/C12H19NO6/c1-7(2)5-8(6-13(16)17)9-10(14)18-12(3,4)19-11(9)15/h7-9H,5-6H2,1-4H3/t8-/m0/s1. The van der Waals surface area contributed by atoms with E-state index in [1.54, 1.807) is 0 Å². The summed E-state index contributed by atoms with van der Waals surface area (Å²) in [4.78, 5) is 33.9. The summed E-state index contributed by atoms with van der Waals surface area (Å²) in [5.74, 6) is -4.57. The van der Waals surface area contributed by atoms with Crippen LogP contribution < -0.4 is 0 Å². The zero-order valence-electron chi connectivity index (χ0n) is 11.5. The van der Waals surface area contributed by atoms with Gasteiger partial charge in [0, 0.05) is 24.7 Å². The van der Waals surface area contributed by atoms with Crippen molar-refractivity contribution in [3.05, 3.63) is 10.1 Å². The molecule has 1 heterocycles. The van der Waals surface area contributed by atoms with E-state index in [0.29, 0.717) is 6.42 Å². The third kappa shape index (κ3) is 4.18. The lowest BCUT2D eigenvalue weighted by Crippen LogP contribution is -2.50. The highest BCUT2D eigenvalue weighted by Gasteiger charge is 2.48. The van der Waals surface area contributed by atoms with Crippen LogP contribution in [0.25, 0.3) is 0 Å². The van der Waals surface area contributed by atoms with Crippen molar-refractivity contribution in [2.45, 2.75) is 39.9 Å². The van der Waals surface area contributed by atoms with Crippen molar-refractivity contribution < 1.29 is 24.0 Å². The zero-order chi connectivity index (χ0) is 14.8. The second-order valence-corrected chi connectivity index (χ2v) is 5.62. The van der Waals surface area contributed by atoms with Gasteiger partial charge in [0.1, 0.15) is 0 Å². The van der Waals surface area contributed by atoms with Crippen LogP contribution in [0.3, 0.4) is 0 Å². The van der Waals surface area contributed by atoms with Crippen molar-refractivity contribution in [1.29, 1.82) is 0 Å². The molecule has 7 nitrogen and oxygen atoms in total. The summed E-state index contributed by atoms with van der Waals surface area (Å²) >= 11 is 0. The van der Waals surface area contributed by atoms with Crippen LogP contribution in [0.15, 0.2) is 0 Å². The van der Waals surface area contributed by atoms with E-state index in [1.165, 1.54) is 13.8 Å². The first kappa shape index (κ1) is 15.4. The van der Waals surface area contributed by atoms with E-state index in [9.17, 15) is 19.7 Å². The van der Waals surface area contributed by atoms with Gasteiger partial charge in [-0.2, -0.15) is 0 Å². The first-order valence-electron chi connectivity index (χ1n) is 6.20. The second kappa shape index (κ2) is 5.54. The largest absolute Gasteiger partial charge is 0.422 e. The summed E-state index contributed by atoms with van der Waals surface area (Å²) in [6, 6.07) is 0. The van der Waals surface area contributed by atoms with Gasteiger partial charge in [-0.1, -0.05) is 13.8 Å². The molecule has 0 unspecified atom stereocenters. The van der Waals surface area contributed by atoms with Crippen molar-refractivity contribution in [1.82, 2.24) is 0 Å². The van der Waals surface area contributed by atoms with Gasteiger partial charge in [0.2, 0.25) is 6.54 Å². The Morgan fingerprint density at radius 3 is 2.11 bits per heavy atom. The first-order chi connectivity index (χ1) is 8.62. The number of nitrogens with zero attached hydrogens (tertiary/aromatic N) is 1. The number of rotatable bonds is 5. The molecule has 0 N–H and O–H groups in total. The minimum atomic E-state index is -1.30. The topological polar surface area (TPSA) is 95.7 Å². The molecule has 19 heavy (non-hydrogen) atoms. The Bertz CT molecular complexity index is 370. The Balaban J connectivity index is 2.91. The molecule has 0 aromatic heterocycles. The molecular weight excluding hydrogens is 254 g/mol. The minimum Gasteiger partial charge on any atom is -0.422 e. The van der Waals surface area contributed by atoms with Gasteiger partial charge in [-0.15, -0.1) is 0 Å². The predicted octanol–water partition coefficient (Wildman–Crippen LogP) is 1.38. The van der Waals surface area contributed by atoms with Gasteiger partial charge in [0.15, 0.2) is 5.92 Å². The van der Waals surface area contributed by atoms with Crippen LogP contribution >= 0.6 is 0 Å². The minimum absolute atomic E-state index is 0.125. The van der Waals surface area contributed by atoms with E-state index in [-0.39, 0.29) is 5.92 Å². The van der Waals surface area contributed by atoms with Crippen molar-refractivity contribution in [3.8, 4) is 0 Å². The molecule has 1 fully saturated rings. The summed E-state index contributed by atoms with van der Waals surface area (Å²) in [6.45, 7) is 6.19. The van der Waals surface area contributed by atoms with Gasteiger partial charge >= 0.3 is 11.9 Å². The lowest BCUT2D eigenvalue weighted by molar-refractivity contribution is -0.490. The molecule has 1 rings (SSSR count). The monoisotopic (exact) mass is 273 g/mol. The molecule has 1 aliphatic heterocycles. The van der Waals surface area contributed by atoms with Gasteiger partial charge in [-0.25, -0.2) is 0 Å². The van der Waals surface area contributed by atoms with Crippen LogP contribution in [0.5, 0.6) is 0 Å². The third-order valence-corrected chi connectivity index (χ3v) is 2.83. The molecule has 108 valence electrons. The SMILES string of the molecule is CC(C)C[C@@H](C[N+](=O)[O-])C1C(=O)OC(C)(C)OC1=O. The average molecular weight is 273 g/mol. The molecule has 1 saturated heterocycles. The number of ether oxygens (including phenoxy) is 2. The number of cyclic esters (lactones) is 2. The van der Waals surface area contributed by atoms with E-state index < -0.39 is 41.0 Å². The van der Waals surface area contributed by atoms with Crippen molar-refractivity contribution >= 4 is 11.9 Å². The second-order valence-electron chi connectivity index (χ2n) is 5.62. The van der Waals surface area contributed by atoms with E-state index in [4.69, 9.17) is 9.47 Å². The van der Waals surface area contributed by atoms with Crippen LogP contribution in [-0.2, 0) is 19.1 Å². The van der Waals surface area contributed by atoms with Crippen LogP contribution in [0.1, 0.15) is 34.1 Å². The molecule has 0 radical (unpaired) electrons. The fourth-order valence-corrected chi connectivity index (χ4v) is 2.23. The highest BCUT2D eigenvalue weighted by Crippen LogP contribution is 2.31. The molecule has 0 aromatic carbocycles. The molecule has 0 saturated carbocycles. The average Bonchev–Trinajstić information content (AvgIpc) is 2.10. The van der Waals surface area contributed by atoms with Crippen LogP contribution in [0.4, 0.5) is 0 Å². The van der Waals surface area contributed by atoms with E-state index in [2.05, 4.69) is 0 Å². The Hall–Kier alpha value is -1.66. The summed E-state index contributed by atoms with van der Waals surface area (Å²) in [5.41, 5.74) is 0. The molecule has 0 spiro atoms. The van der Waals surface area contributed by atoms with Gasteiger partial charge in [0.25, 0.3) is 5.79 Å². The van der Waals surface area contributed by atoms with Gasteiger partial charge in [-0.05, 0) is 12.3 Å². The lowest BCUT2D eigenvalue weighted by Gasteiger charge is -2.35. The molecule has 0 bridgehead atoms. The van der Waals surface area contributed by atoms with Crippen LogP contribution in [0.2, 0.25) is 0 Å². The van der Waals surface area contributed by atoms with Crippen molar-refractivity contribution in [3.63, 3.8) is 0 Å². The van der Waals surface area contributed by atoms with E-state index in [0.717, 1.165) is 0 Å². The first-order valence-corrected chi connectivity index (χ1v) is 6.20. The summed E-state index contributed by atoms with van der Waals surface area (Å²) in [7, 11) is 0. The van der Waals surface area contributed by atoms with E-state index in [1.807, 2.05) is 13.8 Å². The van der Waals surface area contributed by atoms with E-state index >= 15 is 0 Å². The highest BCUT2D eigenvalue weighted by atomic mass is 16.7. The number of carbonyl (C=O) groups is 2. The number of carbonyl (C=O) groups excluding carboxylic acids is 2. The molecule has 0 amide bonds. The molecular formula is C12H19NO6. The molecule has 0 aliphatic carbocycles. The van der Waals surface area contributed by atoms with Gasteiger partial charge < -0.3 is 9.47 Å². The van der Waals surface area contributed by atoms with Crippen molar-refractivity contribution in [2.75, 3.05) is 6.54 Å². The highest BCUT2D eigenvalue weighted by molar-refractivity contribution is 5.97. The summed E-state index contributed by atoms with van der Waals surface area (Å²) < 4.78 is 9.99. The van der Waals surface area contributed by atoms with Gasteiger partial charge in [0.05, 0.1) is 0 Å². The molecule has 1 aliphatic rings. The maximum atomic E-state index is 11.9. The smallest absolute Gasteiger partial charge is 0.324 e. The number of hydrogen-bond acceptors (Lipinski definition) is 6. The predicted molar refractivity (Wildman–Crippen MR) is 64.6 cm³/mol. The fourth-order valence-electron chi connectivity index (χ4n) is 2.23. The number of esters is 2. The maximum Gasteiger partial charge on any atom is 0.324 e. The molecule has 7 heteroatoms. The number of hydrogen-bond donors (Lipinski definition) is 0. The zero-order valence-corrected chi connectivity index (χ0v) is 11.5. The number of nitro groups is 1. The lowest BCUT2D eigenvalue weighted by atomic mass is 9.84. The third-order valence-electron chi connectivity index (χ3n) is 2.83. The summed E-state index contributed by atoms with van der Waals surface area (Å²) in [5, 5.41) is 10.7. The molecule has 0 aromatic rings. The summed E-state index contributed by atoms with van der Waals surface area (Å²) in [6.07, 6.45) is 0.385. The normalized spacial score (nSPS) is 20.9. The maximum absolute atomic E-state index is 11.9. The quantitative estimate of drug-likeness (QED) is 0.325. The van der Waals surface area contributed by atoms with Crippen LogP contribution in [-0.4, -0.2) is 29.2 Å². The Morgan fingerprint density at radius 2 is 1.74 bits per heavy atom. The van der Waals surface area contributed by atoms with Gasteiger partial charge in [-0.3, -0.25) is 19.7 Å². The Kier molecular flexibility index (Phi) is 4.49. The van der Waals surface area contributed by atoms with Crippen LogP contribution in [0, 0.1) is 27.9 Å². The van der Waals surface area contributed by atoms with Crippen molar-refractivity contribution in [2.24, 2.45) is 17.8 Å². The fraction of sp³-hybridized carbons (Fsp3) is 0.833. The molecule has 1 atom stereocenters. The Labute approximate surface area is 111 Å².